The first-order valence-electron chi connectivity index (χ1n) is 8.84. The molecule has 1 aromatic carbocycles. The van der Waals surface area contributed by atoms with Crippen molar-refractivity contribution < 1.29 is 9.53 Å². The van der Waals surface area contributed by atoms with Gasteiger partial charge >= 0.3 is 0 Å². The third-order valence-electron chi connectivity index (χ3n) is 4.57. The molecular weight excluding hydrogens is 318 g/mol. The molecule has 1 heterocycles. The summed E-state index contributed by atoms with van der Waals surface area (Å²) < 4.78 is 5.46. The van der Waals surface area contributed by atoms with E-state index in [1.54, 1.807) is 14.2 Å². The van der Waals surface area contributed by atoms with Crippen LogP contribution in [0.3, 0.4) is 0 Å². The highest BCUT2D eigenvalue weighted by molar-refractivity contribution is 5.86. The lowest BCUT2D eigenvalue weighted by molar-refractivity contribution is -0.120. The molecule has 0 radical (unpaired) electrons. The van der Waals surface area contributed by atoms with Crippen molar-refractivity contribution in [2.45, 2.75) is 18.9 Å². The van der Waals surface area contributed by atoms with Crippen molar-refractivity contribution in [2.75, 3.05) is 51.8 Å². The van der Waals surface area contributed by atoms with Crippen molar-refractivity contribution in [3.63, 3.8) is 0 Å². The summed E-state index contributed by atoms with van der Waals surface area (Å²) in [7, 11) is 3.46. The SMILES string of the molecule is CN=C(NCC(=O)NC1CC1)N1CCN(c2ccccc2OC)CC1. The maximum absolute atomic E-state index is 11.8. The summed E-state index contributed by atoms with van der Waals surface area (Å²) >= 11 is 0. The summed E-state index contributed by atoms with van der Waals surface area (Å²) in [4.78, 5) is 20.7. The van der Waals surface area contributed by atoms with E-state index >= 15 is 0 Å². The number of guanidine groups is 1. The molecular formula is C18H27N5O2. The molecule has 1 saturated carbocycles. The van der Waals surface area contributed by atoms with Gasteiger partial charge in [-0.1, -0.05) is 12.1 Å². The van der Waals surface area contributed by atoms with Crippen LogP contribution in [0.2, 0.25) is 0 Å². The van der Waals surface area contributed by atoms with Crippen LogP contribution in [0.1, 0.15) is 12.8 Å². The van der Waals surface area contributed by atoms with Gasteiger partial charge in [0.25, 0.3) is 0 Å². The van der Waals surface area contributed by atoms with Gasteiger partial charge in [0, 0.05) is 39.3 Å². The number of rotatable bonds is 5. The molecule has 1 saturated heterocycles. The maximum atomic E-state index is 11.8. The van der Waals surface area contributed by atoms with Crippen molar-refractivity contribution >= 4 is 17.6 Å². The first kappa shape index (κ1) is 17.4. The molecule has 7 heteroatoms. The average molecular weight is 345 g/mol. The number of carbonyl (C=O) groups is 1. The van der Waals surface area contributed by atoms with Gasteiger partial charge in [-0.05, 0) is 25.0 Å². The fraction of sp³-hybridized carbons (Fsp3) is 0.556. The fourth-order valence-corrected chi connectivity index (χ4v) is 3.05. The van der Waals surface area contributed by atoms with E-state index in [0.29, 0.717) is 6.04 Å². The number of ether oxygens (including phenoxy) is 1. The number of hydrogen-bond donors (Lipinski definition) is 2. The van der Waals surface area contributed by atoms with Crippen molar-refractivity contribution in [1.29, 1.82) is 0 Å². The maximum Gasteiger partial charge on any atom is 0.239 e. The number of hydrogen-bond acceptors (Lipinski definition) is 4. The van der Waals surface area contributed by atoms with Crippen molar-refractivity contribution in [3.05, 3.63) is 24.3 Å². The fourth-order valence-electron chi connectivity index (χ4n) is 3.05. The molecule has 0 spiro atoms. The van der Waals surface area contributed by atoms with E-state index in [4.69, 9.17) is 4.74 Å². The second-order valence-electron chi connectivity index (χ2n) is 6.39. The van der Waals surface area contributed by atoms with E-state index in [1.165, 1.54) is 0 Å². The molecule has 0 aromatic heterocycles. The van der Waals surface area contributed by atoms with Crippen LogP contribution >= 0.6 is 0 Å². The number of para-hydroxylation sites is 2. The van der Waals surface area contributed by atoms with Crippen LogP contribution in [0.4, 0.5) is 5.69 Å². The first-order valence-corrected chi connectivity index (χ1v) is 8.84. The number of benzene rings is 1. The Labute approximate surface area is 149 Å². The Balaban J connectivity index is 1.50. The molecule has 1 aliphatic carbocycles. The summed E-state index contributed by atoms with van der Waals surface area (Å²) in [6, 6.07) is 8.48. The van der Waals surface area contributed by atoms with Crippen LogP contribution < -0.4 is 20.3 Å². The van der Waals surface area contributed by atoms with E-state index in [2.05, 4.69) is 31.5 Å². The summed E-state index contributed by atoms with van der Waals surface area (Å²) in [6.07, 6.45) is 2.21. The summed E-state index contributed by atoms with van der Waals surface area (Å²) in [6.45, 7) is 3.74. The van der Waals surface area contributed by atoms with Crippen LogP contribution in [0.15, 0.2) is 29.3 Å². The van der Waals surface area contributed by atoms with Crippen molar-refractivity contribution in [1.82, 2.24) is 15.5 Å². The minimum absolute atomic E-state index is 0.0382. The van der Waals surface area contributed by atoms with E-state index in [9.17, 15) is 4.79 Å². The average Bonchev–Trinajstić information content (AvgIpc) is 3.46. The number of methoxy groups -OCH3 is 1. The van der Waals surface area contributed by atoms with Gasteiger partial charge in [-0.25, -0.2) is 0 Å². The zero-order valence-corrected chi connectivity index (χ0v) is 15.0. The first-order chi connectivity index (χ1) is 12.2. The molecule has 0 bridgehead atoms. The van der Waals surface area contributed by atoms with Crippen LogP contribution in [0.5, 0.6) is 5.75 Å². The molecule has 25 heavy (non-hydrogen) atoms. The van der Waals surface area contributed by atoms with Gasteiger partial charge in [0.05, 0.1) is 19.3 Å². The molecule has 2 N–H and O–H groups in total. The molecule has 1 amide bonds. The molecule has 3 rings (SSSR count). The van der Waals surface area contributed by atoms with Gasteiger partial charge in [-0.3, -0.25) is 9.79 Å². The highest BCUT2D eigenvalue weighted by Gasteiger charge is 2.24. The summed E-state index contributed by atoms with van der Waals surface area (Å²) in [5.74, 6) is 1.72. The molecule has 2 aliphatic rings. The van der Waals surface area contributed by atoms with Gasteiger partial charge in [-0.2, -0.15) is 0 Å². The Morgan fingerprint density at radius 1 is 1.24 bits per heavy atom. The van der Waals surface area contributed by atoms with Crippen LogP contribution in [0.25, 0.3) is 0 Å². The minimum Gasteiger partial charge on any atom is -0.495 e. The van der Waals surface area contributed by atoms with Crippen LogP contribution in [0, 0.1) is 0 Å². The summed E-state index contributed by atoms with van der Waals surface area (Å²) in [5.41, 5.74) is 1.12. The number of amides is 1. The number of nitrogens with zero attached hydrogens (tertiary/aromatic N) is 3. The van der Waals surface area contributed by atoms with Gasteiger partial charge < -0.3 is 25.2 Å². The van der Waals surface area contributed by atoms with Gasteiger partial charge in [-0.15, -0.1) is 0 Å². The van der Waals surface area contributed by atoms with E-state index in [1.807, 2.05) is 18.2 Å². The smallest absolute Gasteiger partial charge is 0.239 e. The molecule has 0 atom stereocenters. The van der Waals surface area contributed by atoms with Gasteiger partial charge in [0.2, 0.25) is 5.91 Å². The highest BCUT2D eigenvalue weighted by atomic mass is 16.5. The standard InChI is InChI=1S/C18H27N5O2/c1-19-18(20-13-17(24)21-14-7-8-14)23-11-9-22(10-12-23)15-5-3-4-6-16(15)25-2/h3-6,14H,7-13H2,1-2H3,(H,19,20)(H,21,24). The lowest BCUT2D eigenvalue weighted by Gasteiger charge is -2.38. The van der Waals surface area contributed by atoms with E-state index in [-0.39, 0.29) is 12.5 Å². The molecule has 1 aromatic rings. The van der Waals surface area contributed by atoms with E-state index in [0.717, 1.165) is 56.4 Å². The minimum atomic E-state index is 0.0382. The third-order valence-corrected chi connectivity index (χ3v) is 4.57. The Morgan fingerprint density at radius 2 is 1.96 bits per heavy atom. The van der Waals surface area contributed by atoms with Gasteiger partial charge in [0.15, 0.2) is 5.96 Å². The third kappa shape index (κ3) is 4.55. The number of nitrogens with one attached hydrogen (secondary N) is 2. The Morgan fingerprint density at radius 3 is 2.60 bits per heavy atom. The Kier molecular flexibility index (Phi) is 5.63. The van der Waals surface area contributed by atoms with Crippen molar-refractivity contribution in [2.24, 2.45) is 4.99 Å². The predicted octanol–water partition coefficient (Wildman–Crippen LogP) is 0.671. The molecule has 2 fully saturated rings. The number of anilines is 1. The Bertz CT molecular complexity index is 622. The molecule has 1 aliphatic heterocycles. The zero-order valence-electron chi connectivity index (χ0n) is 15.0. The van der Waals surface area contributed by atoms with E-state index < -0.39 is 0 Å². The molecule has 0 unspecified atom stereocenters. The Hall–Kier alpha value is -2.44. The second kappa shape index (κ2) is 8.09. The highest BCUT2D eigenvalue weighted by Crippen LogP contribution is 2.28. The second-order valence-corrected chi connectivity index (χ2v) is 6.39. The molecule has 7 nitrogen and oxygen atoms in total. The van der Waals surface area contributed by atoms with Gasteiger partial charge in [0.1, 0.15) is 5.75 Å². The molecule has 136 valence electrons. The lowest BCUT2D eigenvalue weighted by Crippen LogP contribution is -2.53. The zero-order chi connectivity index (χ0) is 17.6. The monoisotopic (exact) mass is 345 g/mol. The predicted molar refractivity (Wildman–Crippen MR) is 99.3 cm³/mol. The summed E-state index contributed by atoms with van der Waals surface area (Å²) in [5, 5.41) is 6.15. The number of aliphatic imine (C=N–C) groups is 1. The van der Waals surface area contributed by atoms with Crippen molar-refractivity contribution in [3.8, 4) is 5.75 Å². The van der Waals surface area contributed by atoms with Crippen LogP contribution in [-0.4, -0.2) is 69.7 Å². The number of piperazine rings is 1. The number of carbonyl (C=O) groups excluding carboxylic acids is 1. The van der Waals surface area contributed by atoms with Crippen LogP contribution in [-0.2, 0) is 4.79 Å². The lowest BCUT2D eigenvalue weighted by atomic mass is 10.2. The largest absolute Gasteiger partial charge is 0.495 e. The topological polar surface area (TPSA) is 69.2 Å². The quantitative estimate of drug-likeness (QED) is 0.606. The normalized spacial score (nSPS) is 18.1.